The molecule has 96 valence electrons. The van der Waals surface area contributed by atoms with Gasteiger partial charge in [0, 0.05) is 22.9 Å². The SMILES string of the molecule is CCc1ccc(CC(NC)C2(OC)CCC2)s1. The van der Waals surface area contributed by atoms with E-state index in [1.165, 1.54) is 29.0 Å². The number of nitrogens with one attached hydrogen (secondary N) is 1. The molecule has 1 aromatic rings. The predicted molar refractivity (Wildman–Crippen MR) is 73.8 cm³/mol. The van der Waals surface area contributed by atoms with Gasteiger partial charge in [0.1, 0.15) is 0 Å². The van der Waals surface area contributed by atoms with Crippen molar-refractivity contribution in [2.75, 3.05) is 14.2 Å². The van der Waals surface area contributed by atoms with E-state index in [9.17, 15) is 0 Å². The summed E-state index contributed by atoms with van der Waals surface area (Å²) in [6.45, 7) is 2.22. The minimum absolute atomic E-state index is 0.0884. The van der Waals surface area contributed by atoms with E-state index in [1.807, 2.05) is 18.4 Å². The Hall–Kier alpha value is -0.380. The number of methoxy groups -OCH3 is 1. The highest BCUT2D eigenvalue weighted by atomic mass is 32.1. The third kappa shape index (κ3) is 2.56. The summed E-state index contributed by atoms with van der Waals surface area (Å²) >= 11 is 1.94. The number of thiophene rings is 1. The van der Waals surface area contributed by atoms with Crippen LogP contribution in [0.2, 0.25) is 0 Å². The van der Waals surface area contributed by atoms with Crippen LogP contribution in [-0.4, -0.2) is 25.8 Å². The van der Waals surface area contributed by atoms with Crippen molar-refractivity contribution in [2.24, 2.45) is 0 Å². The first-order valence-corrected chi connectivity index (χ1v) is 7.35. The molecule has 0 spiro atoms. The maximum Gasteiger partial charge on any atom is 0.0834 e. The zero-order chi connectivity index (χ0) is 12.3. The third-order valence-corrected chi connectivity index (χ3v) is 5.31. The summed E-state index contributed by atoms with van der Waals surface area (Å²) in [5.41, 5.74) is 0.0884. The van der Waals surface area contributed by atoms with E-state index in [0.29, 0.717) is 6.04 Å². The highest BCUT2D eigenvalue weighted by Crippen LogP contribution is 2.39. The Bertz CT molecular complexity index is 351. The summed E-state index contributed by atoms with van der Waals surface area (Å²) in [6.07, 6.45) is 5.93. The summed E-state index contributed by atoms with van der Waals surface area (Å²) in [5, 5.41) is 3.45. The minimum atomic E-state index is 0.0884. The smallest absolute Gasteiger partial charge is 0.0834 e. The second kappa shape index (κ2) is 5.51. The van der Waals surface area contributed by atoms with Crippen LogP contribution >= 0.6 is 11.3 Å². The van der Waals surface area contributed by atoms with Crippen molar-refractivity contribution in [3.8, 4) is 0 Å². The first-order chi connectivity index (χ1) is 8.24. The van der Waals surface area contributed by atoms with Crippen molar-refractivity contribution >= 4 is 11.3 Å². The molecule has 1 unspecified atom stereocenters. The molecule has 1 aliphatic carbocycles. The quantitative estimate of drug-likeness (QED) is 0.841. The van der Waals surface area contributed by atoms with E-state index in [0.717, 1.165) is 12.8 Å². The summed E-state index contributed by atoms with van der Waals surface area (Å²) in [6, 6.07) is 4.98. The van der Waals surface area contributed by atoms with Gasteiger partial charge in [-0.3, -0.25) is 0 Å². The lowest BCUT2D eigenvalue weighted by atomic mass is 9.73. The Morgan fingerprint density at radius 1 is 1.41 bits per heavy atom. The lowest BCUT2D eigenvalue weighted by Crippen LogP contribution is -2.56. The maximum atomic E-state index is 5.77. The van der Waals surface area contributed by atoms with Crippen LogP contribution in [-0.2, 0) is 17.6 Å². The van der Waals surface area contributed by atoms with E-state index < -0.39 is 0 Å². The monoisotopic (exact) mass is 253 g/mol. The van der Waals surface area contributed by atoms with Crippen LogP contribution in [0, 0.1) is 0 Å². The van der Waals surface area contributed by atoms with E-state index in [4.69, 9.17) is 4.74 Å². The molecular formula is C14H23NOS. The maximum absolute atomic E-state index is 5.77. The van der Waals surface area contributed by atoms with Gasteiger partial charge in [0.2, 0.25) is 0 Å². The van der Waals surface area contributed by atoms with Crippen LogP contribution < -0.4 is 5.32 Å². The zero-order valence-corrected chi connectivity index (χ0v) is 11.9. The fourth-order valence-electron chi connectivity index (χ4n) is 2.69. The minimum Gasteiger partial charge on any atom is -0.377 e. The molecule has 1 saturated carbocycles. The topological polar surface area (TPSA) is 21.3 Å². The number of hydrogen-bond acceptors (Lipinski definition) is 3. The number of hydrogen-bond donors (Lipinski definition) is 1. The summed E-state index contributed by atoms with van der Waals surface area (Å²) < 4.78 is 5.77. The fourth-order valence-corrected chi connectivity index (χ4v) is 3.70. The molecule has 17 heavy (non-hydrogen) atoms. The second-order valence-corrected chi connectivity index (χ2v) is 6.14. The molecule has 0 aromatic carbocycles. The van der Waals surface area contributed by atoms with Gasteiger partial charge in [0.15, 0.2) is 0 Å². The fraction of sp³-hybridized carbons (Fsp3) is 0.714. The molecule has 2 nitrogen and oxygen atoms in total. The van der Waals surface area contributed by atoms with Gasteiger partial charge < -0.3 is 10.1 Å². The molecule has 0 saturated heterocycles. The highest BCUT2D eigenvalue weighted by Gasteiger charge is 2.43. The van der Waals surface area contributed by atoms with Crippen molar-refractivity contribution in [2.45, 2.75) is 50.7 Å². The average molecular weight is 253 g/mol. The number of rotatable bonds is 6. The molecule has 1 aromatic heterocycles. The van der Waals surface area contributed by atoms with Gasteiger partial charge in [-0.05, 0) is 51.3 Å². The van der Waals surface area contributed by atoms with Gasteiger partial charge in [-0.2, -0.15) is 0 Å². The largest absolute Gasteiger partial charge is 0.377 e. The van der Waals surface area contributed by atoms with Gasteiger partial charge >= 0.3 is 0 Å². The van der Waals surface area contributed by atoms with Crippen molar-refractivity contribution in [3.05, 3.63) is 21.9 Å². The molecule has 0 bridgehead atoms. The van der Waals surface area contributed by atoms with Crippen molar-refractivity contribution in [3.63, 3.8) is 0 Å². The lowest BCUT2D eigenvalue weighted by Gasteiger charge is -2.46. The standard InChI is InChI=1S/C14H23NOS/c1-4-11-6-7-12(17-11)10-13(15-2)14(16-3)8-5-9-14/h6-7,13,15H,4-5,8-10H2,1-3H3. The van der Waals surface area contributed by atoms with Crippen LogP contribution in [0.3, 0.4) is 0 Å². The van der Waals surface area contributed by atoms with E-state index in [1.54, 1.807) is 0 Å². The number of likely N-dealkylation sites (N-methyl/N-ethyl adjacent to an activating group) is 1. The van der Waals surface area contributed by atoms with Crippen LogP contribution in [0.25, 0.3) is 0 Å². The third-order valence-electron chi connectivity index (χ3n) is 4.06. The Morgan fingerprint density at radius 3 is 2.53 bits per heavy atom. The highest BCUT2D eigenvalue weighted by molar-refractivity contribution is 7.11. The van der Waals surface area contributed by atoms with Crippen LogP contribution in [0.15, 0.2) is 12.1 Å². The molecule has 1 aliphatic rings. The van der Waals surface area contributed by atoms with Gasteiger partial charge in [-0.1, -0.05) is 6.92 Å². The molecule has 0 amide bonds. The zero-order valence-electron chi connectivity index (χ0n) is 11.1. The van der Waals surface area contributed by atoms with Gasteiger partial charge in [-0.15, -0.1) is 11.3 Å². The van der Waals surface area contributed by atoms with E-state index >= 15 is 0 Å². The molecule has 3 heteroatoms. The summed E-state index contributed by atoms with van der Waals surface area (Å²) in [5.74, 6) is 0. The average Bonchev–Trinajstić information content (AvgIpc) is 2.74. The van der Waals surface area contributed by atoms with Gasteiger partial charge in [-0.25, -0.2) is 0 Å². The Kier molecular flexibility index (Phi) is 4.23. The first-order valence-electron chi connectivity index (χ1n) is 6.54. The van der Waals surface area contributed by atoms with Gasteiger partial charge in [0.25, 0.3) is 0 Å². The van der Waals surface area contributed by atoms with Crippen LogP contribution in [0.5, 0.6) is 0 Å². The lowest BCUT2D eigenvalue weighted by molar-refractivity contribution is -0.0965. The first kappa shape index (κ1) is 13.1. The molecular weight excluding hydrogens is 230 g/mol. The van der Waals surface area contributed by atoms with Crippen molar-refractivity contribution in [1.29, 1.82) is 0 Å². The Balaban J connectivity index is 2.04. The summed E-state index contributed by atoms with van der Waals surface area (Å²) in [4.78, 5) is 2.96. The molecule has 0 aliphatic heterocycles. The Labute approximate surface area is 108 Å². The van der Waals surface area contributed by atoms with Gasteiger partial charge in [0.05, 0.1) is 5.60 Å². The summed E-state index contributed by atoms with van der Waals surface area (Å²) in [7, 11) is 3.91. The van der Waals surface area contributed by atoms with Crippen molar-refractivity contribution < 1.29 is 4.74 Å². The number of ether oxygens (including phenoxy) is 1. The van der Waals surface area contributed by atoms with E-state index in [-0.39, 0.29) is 5.60 Å². The van der Waals surface area contributed by atoms with Crippen molar-refractivity contribution in [1.82, 2.24) is 5.32 Å². The molecule has 0 radical (unpaired) electrons. The molecule has 1 atom stereocenters. The number of aryl methyl sites for hydroxylation is 1. The van der Waals surface area contributed by atoms with Crippen LogP contribution in [0.1, 0.15) is 35.9 Å². The normalized spacial score (nSPS) is 19.9. The molecule has 2 rings (SSSR count). The molecule has 1 N–H and O–H groups in total. The van der Waals surface area contributed by atoms with Crippen LogP contribution in [0.4, 0.5) is 0 Å². The predicted octanol–water partition coefficient (Wildman–Crippen LogP) is 3.01. The Morgan fingerprint density at radius 2 is 2.12 bits per heavy atom. The molecule has 1 fully saturated rings. The van der Waals surface area contributed by atoms with E-state index in [2.05, 4.69) is 31.4 Å². The molecule has 1 heterocycles. The second-order valence-electron chi connectivity index (χ2n) is 4.89.